The summed E-state index contributed by atoms with van der Waals surface area (Å²) in [5.41, 5.74) is -1.28. The number of carbonyl (C=O) groups is 2. The van der Waals surface area contributed by atoms with Crippen LogP contribution in [-0.4, -0.2) is 101 Å². The van der Waals surface area contributed by atoms with E-state index < -0.39 is 42.1 Å². The predicted molar refractivity (Wildman–Crippen MR) is 177 cm³/mol. The Morgan fingerprint density at radius 3 is 2.40 bits per heavy atom. The van der Waals surface area contributed by atoms with Crippen LogP contribution in [0.1, 0.15) is 107 Å². The second-order valence-corrected chi connectivity index (χ2v) is 18.8. The van der Waals surface area contributed by atoms with E-state index in [-0.39, 0.29) is 57.7 Å². The first kappa shape index (κ1) is 35.1. The molecule has 2 spiro atoms. The van der Waals surface area contributed by atoms with Crippen molar-refractivity contribution in [2.24, 2.45) is 50.7 Å². The van der Waals surface area contributed by atoms with Crippen molar-refractivity contribution in [2.75, 3.05) is 26.2 Å². The van der Waals surface area contributed by atoms with Gasteiger partial charge in [0.2, 0.25) is 0 Å². The lowest BCUT2D eigenvalue weighted by Gasteiger charge is -2.64. The largest absolute Gasteiger partial charge is 0.480 e. The lowest BCUT2D eigenvalue weighted by atomic mass is 9.41. The molecule has 5 saturated carbocycles. The molecule has 0 bridgehead atoms. The van der Waals surface area contributed by atoms with Crippen molar-refractivity contribution >= 4 is 11.9 Å². The molecular weight excluding hydrogens is 614 g/mol. The van der Waals surface area contributed by atoms with Crippen molar-refractivity contribution in [3.05, 3.63) is 0 Å². The summed E-state index contributed by atoms with van der Waals surface area (Å²) in [4.78, 5) is 25.3. The van der Waals surface area contributed by atoms with Crippen LogP contribution in [0.25, 0.3) is 0 Å². The van der Waals surface area contributed by atoms with Crippen LogP contribution in [0.15, 0.2) is 0 Å². The first-order chi connectivity index (χ1) is 22.3. The summed E-state index contributed by atoms with van der Waals surface area (Å²) >= 11 is 0. The number of rotatable bonds is 7. The van der Waals surface area contributed by atoms with E-state index in [1.807, 2.05) is 4.90 Å². The highest BCUT2D eigenvalue weighted by Gasteiger charge is 2.84. The molecular formula is C38H61NO9. The Morgan fingerprint density at radius 1 is 1.04 bits per heavy atom. The van der Waals surface area contributed by atoms with Crippen LogP contribution in [0.5, 0.6) is 0 Å². The van der Waals surface area contributed by atoms with Gasteiger partial charge in [0, 0.05) is 18.9 Å². The first-order valence-electron chi connectivity index (χ1n) is 18.8. The third-order valence-electron chi connectivity index (χ3n) is 15.9. The molecule has 0 aromatic rings. The fourth-order valence-corrected chi connectivity index (χ4v) is 13.9. The lowest BCUT2D eigenvalue weighted by Crippen LogP contribution is -2.60. The number of ether oxygens (including phenoxy) is 4. The quantitative estimate of drug-likeness (QED) is 0.328. The highest BCUT2D eigenvalue weighted by atomic mass is 16.7. The number of aliphatic carboxylic acids is 1. The second-order valence-electron chi connectivity index (χ2n) is 18.8. The monoisotopic (exact) mass is 675 g/mol. The standard InChI is InChI=1S/C38H61NO9/c1-21-17-23(32(34(5,6)44)46-22(2)40)47-30-29(21)35(7)13-14-38-20-37(38)12-11-26(48-28-19-39(15-16-45-28)18-27(41)42)33(3,4)24(37)9-10-25(38)36(35,8)31(30)43/h21,23-26,28-32,43-44H,9-20H2,1-8H3,(H,41,42)/t21-,23?,24+,25?,26+,28?,29+,30?,31+,32+,35?,36-,37?,38?/m1/s1. The van der Waals surface area contributed by atoms with E-state index in [9.17, 15) is 24.9 Å². The molecule has 3 N–H and O–H groups in total. The van der Waals surface area contributed by atoms with Crippen LogP contribution < -0.4 is 0 Å². The molecule has 10 nitrogen and oxygen atoms in total. The van der Waals surface area contributed by atoms with E-state index in [2.05, 4.69) is 34.6 Å². The van der Waals surface area contributed by atoms with E-state index in [4.69, 9.17) is 18.9 Å². The number of hydrogen-bond acceptors (Lipinski definition) is 9. The number of fused-ring (bicyclic) bond motifs is 4. The molecule has 7 rings (SSSR count). The molecule has 0 aromatic carbocycles. The summed E-state index contributed by atoms with van der Waals surface area (Å²) in [6.45, 7) is 18.1. The smallest absolute Gasteiger partial charge is 0.317 e. The van der Waals surface area contributed by atoms with Crippen LogP contribution >= 0.6 is 0 Å². The van der Waals surface area contributed by atoms with Gasteiger partial charge in [-0.1, -0.05) is 34.6 Å². The fraction of sp³-hybridized carbons (Fsp3) is 0.947. The molecule has 2 saturated heterocycles. The summed E-state index contributed by atoms with van der Waals surface area (Å²) in [6.07, 6.45) is 5.77. The summed E-state index contributed by atoms with van der Waals surface area (Å²) in [5, 5.41) is 32.9. The van der Waals surface area contributed by atoms with Gasteiger partial charge in [0.1, 0.15) is 0 Å². The summed E-state index contributed by atoms with van der Waals surface area (Å²) < 4.78 is 25.2. The van der Waals surface area contributed by atoms with Gasteiger partial charge in [0.15, 0.2) is 12.4 Å². The van der Waals surface area contributed by atoms with Gasteiger partial charge in [-0.2, -0.15) is 0 Å². The van der Waals surface area contributed by atoms with Gasteiger partial charge in [0.25, 0.3) is 0 Å². The molecule has 14 atom stereocenters. The van der Waals surface area contributed by atoms with Gasteiger partial charge in [-0.3, -0.25) is 14.5 Å². The van der Waals surface area contributed by atoms with Crippen LogP contribution in [0.4, 0.5) is 0 Å². The van der Waals surface area contributed by atoms with Gasteiger partial charge in [0.05, 0.1) is 49.7 Å². The van der Waals surface area contributed by atoms with Crippen LogP contribution in [0, 0.1) is 50.7 Å². The van der Waals surface area contributed by atoms with Crippen LogP contribution in [0.2, 0.25) is 0 Å². The number of morpholine rings is 1. The van der Waals surface area contributed by atoms with Crippen molar-refractivity contribution in [3.63, 3.8) is 0 Å². The van der Waals surface area contributed by atoms with E-state index in [1.165, 1.54) is 19.8 Å². The Kier molecular flexibility index (Phi) is 8.30. The number of carbonyl (C=O) groups excluding carboxylic acids is 1. The number of aliphatic hydroxyl groups is 2. The molecule has 48 heavy (non-hydrogen) atoms. The third kappa shape index (κ3) is 4.85. The van der Waals surface area contributed by atoms with Crippen molar-refractivity contribution in [2.45, 2.75) is 149 Å². The van der Waals surface area contributed by atoms with E-state index in [0.29, 0.717) is 38.0 Å². The first-order valence-corrected chi connectivity index (χ1v) is 18.8. The Balaban J connectivity index is 1.12. The number of carboxylic acids is 1. The molecule has 0 amide bonds. The normalized spacial score (nSPS) is 50.2. The minimum absolute atomic E-state index is 0.00878. The number of aliphatic hydroxyl groups excluding tert-OH is 1. The van der Waals surface area contributed by atoms with Gasteiger partial charge >= 0.3 is 11.9 Å². The maximum Gasteiger partial charge on any atom is 0.317 e. The molecule has 10 heteroatoms. The highest BCUT2D eigenvalue weighted by molar-refractivity contribution is 5.69. The molecule has 0 aromatic heterocycles. The summed E-state index contributed by atoms with van der Waals surface area (Å²) in [6, 6.07) is 0. The van der Waals surface area contributed by atoms with E-state index in [1.54, 1.807) is 13.8 Å². The molecule has 2 heterocycles. The molecule has 272 valence electrons. The van der Waals surface area contributed by atoms with Crippen molar-refractivity contribution in [1.82, 2.24) is 4.90 Å². The van der Waals surface area contributed by atoms with Gasteiger partial charge in [-0.25, -0.2) is 0 Å². The Labute approximate surface area is 286 Å². The minimum Gasteiger partial charge on any atom is -0.480 e. The Hall–Kier alpha value is -1.30. The van der Waals surface area contributed by atoms with Crippen LogP contribution in [-0.2, 0) is 28.5 Å². The highest BCUT2D eigenvalue weighted by Crippen LogP contribution is 2.89. The topological polar surface area (TPSA) is 135 Å². The summed E-state index contributed by atoms with van der Waals surface area (Å²) in [5.74, 6) is 0.0872. The average Bonchev–Trinajstić information content (AvgIpc) is 3.61. The maximum absolute atomic E-state index is 12.5. The molecule has 7 unspecified atom stereocenters. The predicted octanol–water partition coefficient (Wildman–Crippen LogP) is 4.63. The van der Waals surface area contributed by atoms with E-state index >= 15 is 0 Å². The third-order valence-corrected chi connectivity index (χ3v) is 15.9. The average molecular weight is 676 g/mol. The number of nitrogens with zero attached hydrogens (tertiary/aromatic N) is 1. The molecule has 5 aliphatic carbocycles. The number of hydrogen-bond donors (Lipinski definition) is 3. The number of esters is 1. The van der Waals surface area contributed by atoms with Gasteiger partial charge in [-0.15, -0.1) is 0 Å². The van der Waals surface area contributed by atoms with Crippen LogP contribution in [0.3, 0.4) is 0 Å². The van der Waals surface area contributed by atoms with Crippen molar-refractivity contribution in [1.29, 1.82) is 0 Å². The zero-order chi connectivity index (χ0) is 34.8. The zero-order valence-corrected chi connectivity index (χ0v) is 30.5. The van der Waals surface area contributed by atoms with Gasteiger partial charge < -0.3 is 34.3 Å². The molecule has 2 aliphatic heterocycles. The molecule has 7 aliphatic rings. The Bertz CT molecular complexity index is 1300. The zero-order valence-electron chi connectivity index (χ0n) is 30.5. The SMILES string of the molecule is CC(=O)O[C@@H](C1C[C@@H](C)[C@H]2C(O1)[C@H](O)[C@@]1(C)C3CC[C@H]4C(C)(C)[C@@H](OC5CN(CC(=O)O)CCO5)CCC45CC35CCC21C)C(C)(C)O. The van der Waals surface area contributed by atoms with Crippen molar-refractivity contribution in [3.8, 4) is 0 Å². The van der Waals surface area contributed by atoms with Gasteiger partial charge in [-0.05, 0) is 111 Å². The molecule has 0 radical (unpaired) electrons. The lowest BCUT2D eigenvalue weighted by molar-refractivity contribution is -0.248. The summed E-state index contributed by atoms with van der Waals surface area (Å²) in [7, 11) is 0. The minimum atomic E-state index is -1.27. The Morgan fingerprint density at radius 2 is 1.73 bits per heavy atom. The fourth-order valence-electron chi connectivity index (χ4n) is 13.9. The molecule has 7 fully saturated rings. The number of carboxylic acid groups (broad SMARTS) is 1. The second kappa shape index (κ2) is 11.3. The van der Waals surface area contributed by atoms with E-state index in [0.717, 1.165) is 32.1 Å². The maximum atomic E-state index is 12.5. The van der Waals surface area contributed by atoms with Crippen molar-refractivity contribution < 1.29 is 43.9 Å².